The number of hydrogen-bond acceptors (Lipinski definition) is 5. The number of ether oxygens (including phenoxy) is 5. The van der Waals surface area contributed by atoms with Crippen molar-refractivity contribution < 1.29 is 23.7 Å². The highest BCUT2D eigenvalue weighted by atomic mass is 16.7. The van der Waals surface area contributed by atoms with Crippen molar-refractivity contribution in [3.63, 3.8) is 0 Å². The molecule has 0 amide bonds. The highest BCUT2D eigenvalue weighted by Gasteiger charge is 2.42. The van der Waals surface area contributed by atoms with Crippen LogP contribution < -0.4 is 0 Å². The van der Waals surface area contributed by atoms with Gasteiger partial charge in [-0.3, -0.25) is 0 Å². The number of rotatable bonds is 17. The Kier molecular flexibility index (Phi) is 12.2. The van der Waals surface area contributed by atoms with Crippen LogP contribution in [0.25, 0.3) is 0 Å². The summed E-state index contributed by atoms with van der Waals surface area (Å²) in [6.45, 7) is 3.51. The largest absolute Gasteiger partial charge is 0.370 e. The maximum atomic E-state index is 6.50. The summed E-state index contributed by atoms with van der Waals surface area (Å²) in [4.78, 5) is 0. The van der Waals surface area contributed by atoms with Crippen LogP contribution in [0, 0.1) is 0 Å². The molecule has 0 spiro atoms. The van der Waals surface area contributed by atoms with Crippen molar-refractivity contribution in [1.29, 1.82) is 0 Å². The van der Waals surface area contributed by atoms with Crippen molar-refractivity contribution >= 4 is 0 Å². The molecule has 0 aromatic carbocycles. The summed E-state index contributed by atoms with van der Waals surface area (Å²) in [6.07, 6.45) is 21.7. The minimum atomic E-state index is 0.144. The molecule has 3 heterocycles. The van der Waals surface area contributed by atoms with Gasteiger partial charge in [-0.15, -0.1) is 0 Å². The molecule has 0 radical (unpaired) electrons. The zero-order chi connectivity index (χ0) is 21.7. The van der Waals surface area contributed by atoms with E-state index in [1.165, 1.54) is 70.6 Å². The number of unbranched alkanes of at least 4 members (excludes halogenated alkanes) is 9. The van der Waals surface area contributed by atoms with Gasteiger partial charge >= 0.3 is 0 Å². The van der Waals surface area contributed by atoms with E-state index >= 15 is 0 Å². The van der Waals surface area contributed by atoms with E-state index in [2.05, 4.69) is 6.92 Å². The van der Waals surface area contributed by atoms with Crippen molar-refractivity contribution in [2.45, 2.75) is 146 Å². The quantitative estimate of drug-likeness (QED) is 0.154. The molecule has 3 aliphatic heterocycles. The predicted octanol–water partition coefficient (Wildman–Crippen LogP) is 6.17. The Morgan fingerprint density at radius 2 is 1.35 bits per heavy atom. The summed E-state index contributed by atoms with van der Waals surface area (Å²) in [6, 6.07) is 0. The van der Waals surface area contributed by atoms with Crippen LogP contribution in [0.4, 0.5) is 0 Å². The van der Waals surface area contributed by atoms with Crippen LogP contribution >= 0.6 is 0 Å². The molecule has 6 atom stereocenters. The molecular formula is C26H48O5. The van der Waals surface area contributed by atoms with E-state index in [0.717, 1.165) is 38.7 Å². The average molecular weight is 441 g/mol. The van der Waals surface area contributed by atoms with Crippen molar-refractivity contribution in [2.24, 2.45) is 0 Å². The van der Waals surface area contributed by atoms with E-state index < -0.39 is 0 Å². The summed E-state index contributed by atoms with van der Waals surface area (Å²) in [7, 11) is 1.70. The van der Waals surface area contributed by atoms with E-state index in [-0.39, 0.29) is 30.5 Å². The summed E-state index contributed by atoms with van der Waals surface area (Å²) in [5, 5.41) is 0. The maximum Gasteiger partial charge on any atom is 0.146 e. The number of methoxy groups -OCH3 is 1. The summed E-state index contributed by atoms with van der Waals surface area (Å²) in [5.41, 5.74) is 0. The van der Waals surface area contributed by atoms with Gasteiger partial charge in [-0.05, 0) is 38.5 Å². The third-order valence-electron chi connectivity index (χ3n) is 7.26. The Bertz CT molecular complexity index is 455. The summed E-state index contributed by atoms with van der Waals surface area (Å²) < 4.78 is 29.6. The molecule has 0 aromatic heterocycles. The van der Waals surface area contributed by atoms with Crippen molar-refractivity contribution in [1.82, 2.24) is 0 Å². The molecule has 31 heavy (non-hydrogen) atoms. The van der Waals surface area contributed by atoms with Gasteiger partial charge in [0.25, 0.3) is 0 Å². The molecule has 0 aromatic rings. The van der Waals surface area contributed by atoms with Crippen LogP contribution in [0.15, 0.2) is 0 Å². The molecule has 0 bridgehead atoms. The normalized spacial score (nSPS) is 31.7. The van der Waals surface area contributed by atoms with Crippen LogP contribution in [0.5, 0.6) is 0 Å². The lowest BCUT2D eigenvalue weighted by Gasteiger charge is -2.33. The van der Waals surface area contributed by atoms with Gasteiger partial charge < -0.3 is 23.7 Å². The fourth-order valence-corrected chi connectivity index (χ4v) is 5.30. The molecular weight excluding hydrogens is 392 g/mol. The van der Waals surface area contributed by atoms with E-state index in [4.69, 9.17) is 23.7 Å². The molecule has 0 unspecified atom stereocenters. The Hall–Kier alpha value is -0.200. The van der Waals surface area contributed by atoms with Gasteiger partial charge in [0.15, 0.2) is 0 Å². The van der Waals surface area contributed by atoms with Crippen molar-refractivity contribution in [3.05, 3.63) is 0 Å². The highest BCUT2D eigenvalue weighted by Crippen LogP contribution is 2.35. The standard InChI is InChI=1S/C26H48O5/c1-3-4-5-6-7-8-9-10-11-12-14-21(29-20-27-2)24-17-18-25(31-24)22-15-13-16-23(30-22)26-19-28-26/h21-26H,3-20H2,1-2H3/t21-,22-,23+,24-,25-,26+/m1/s1. The van der Waals surface area contributed by atoms with Crippen LogP contribution in [-0.2, 0) is 23.7 Å². The lowest BCUT2D eigenvalue weighted by Crippen LogP contribution is -2.40. The molecule has 5 heteroatoms. The summed E-state index contributed by atoms with van der Waals surface area (Å²) in [5.74, 6) is 0. The molecule has 3 saturated heterocycles. The zero-order valence-electron chi connectivity index (χ0n) is 20.2. The van der Waals surface area contributed by atoms with Crippen LogP contribution in [0.1, 0.15) is 110 Å². The van der Waals surface area contributed by atoms with Crippen molar-refractivity contribution in [2.75, 3.05) is 20.5 Å². The van der Waals surface area contributed by atoms with Gasteiger partial charge in [0.2, 0.25) is 0 Å². The third-order valence-corrected chi connectivity index (χ3v) is 7.26. The first-order chi connectivity index (χ1) is 15.3. The highest BCUT2D eigenvalue weighted by molar-refractivity contribution is 4.90. The minimum absolute atomic E-state index is 0.144. The minimum Gasteiger partial charge on any atom is -0.370 e. The summed E-state index contributed by atoms with van der Waals surface area (Å²) >= 11 is 0. The predicted molar refractivity (Wildman–Crippen MR) is 123 cm³/mol. The maximum absolute atomic E-state index is 6.50. The average Bonchev–Trinajstić information content (AvgIpc) is 3.54. The van der Waals surface area contributed by atoms with E-state index in [1.807, 2.05) is 0 Å². The van der Waals surface area contributed by atoms with E-state index in [0.29, 0.717) is 12.9 Å². The number of epoxide rings is 1. The van der Waals surface area contributed by atoms with Gasteiger partial charge in [-0.2, -0.15) is 0 Å². The fourth-order valence-electron chi connectivity index (χ4n) is 5.30. The Morgan fingerprint density at radius 3 is 2.00 bits per heavy atom. The first-order valence-electron chi connectivity index (χ1n) is 13.3. The molecule has 3 fully saturated rings. The topological polar surface area (TPSA) is 49.5 Å². The van der Waals surface area contributed by atoms with Crippen LogP contribution in [-0.4, -0.2) is 57.1 Å². The van der Waals surface area contributed by atoms with Gasteiger partial charge in [-0.1, -0.05) is 71.1 Å². The monoisotopic (exact) mass is 440 g/mol. The Balaban J connectivity index is 1.30. The molecule has 0 aliphatic carbocycles. The van der Waals surface area contributed by atoms with Crippen molar-refractivity contribution in [3.8, 4) is 0 Å². The first-order valence-corrected chi connectivity index (χ1v) is 13.3. The lowest BCUT2D eigenvalue weighted by atomic mass is 9.97. The second-order valence-corrected chi connectivity index (χ2v) is 9.89. The Labute approximate surface area is 190 Å². The molecule has 5 nitrogen and oxygen atoms in total. The third kappa shape index (κ3) is 9.29. The SMILES string of the molecule is CCCCCCCCCCCC[C@@H](OCOC)[C@H]1CC[C@H]([C@H]2CCC[C@@H]([C@@H]3CO3)O2)O1. The van der Waals surface area contributed by atoms with Gasteiger partial charge in [0.05, 0.1) is 37.1 Å². The zero-order valence-corrected chi connectivity index (χ0v) is 20.2. The molecule has 0 N–H and O–H groups in total. The number of hydrogen-bond donors (Lipinski definition) is 0. The first kappa shape index (κ1) is 25.4. The fraction of sp³-hybridized carbons (Fsp3) is 1.00. The van der Waals surface area contributed by atoms with E-state index in [9.17, 15) is 0 Å². The molecule has 182 valence electrons. The van der Waals surface area contributed by atoms with Gasteiger partial charge in [0.1, 0.15) is 12.9 Å². The van der Waals surface area contributed by atoms with Gasteiger partial charge in [-0.25, -0.2) is 0 Å². The van der Waals surface area contributed by atoms with Crippen LogP contribution in [0.3, 0.4) is 0 Å². The second-order valence-electron chi connectivity index (χ2n) is 9.89. The Morgan fingerprint density at radius 1 is 0.742 bits per heavy atom. The second kappa shape index (κ2) is 14.8. The van der Waals surface area contributed by atoms with E-state index in [1.54, 1.807) is 7.11 Å². The van der Waals surface area contributed by atoms with Crippen LogP contribution in [0.2, 0.25) is 0 Å². The lowest BCUT2D eigenvalue weighted by molar-refractivity contribution is -0.160. The molecule has 3 rings (SSSR count). The smallest absolute Gasteiger partial charge is 0.146 e. The van der Waals surface area contributed by atoms with Gasteiger partial charge in [0, 0.05) is 7.11 Å². The molecule has 3 aliphatic rings. The molecule has 0 saturated carbocycles.